The van der Waals surface area contributed by atoms with E-state index in [-0.39, 0.29) is 21.7 Å². The second-order valence-electron chi connectivity index (χ2n) is 6.01. The molecule has 3 heterocycles. The van der Waals surface area contributed by atoms with Crippen molar-refractivity contribution in [1.29, 1.82) is 0 Å². The van der Waals surface area contributed by atoms with Crippen molar-refractivity contribution < 1.29 is 13.2 Å². The summed E-state index contributed by atoms with van der Waals surface area (Å²) in [4.78, 5) is 16.3. The molecule has 3 N–H and O–H groups in total. The zero-order valence-corrected chi connectivity index (χ0v) is 16.2. The van der Waals surface area contributed by atoms with Crippen LogP contribution in [0.2, 0.25) is 5.02 Å². The minimum atomic E-state index is -4.61. The molecule has 1 aromatic carbocycles. The van der Waals surface area contributed by atoms with Crippen LogP contribution >= 0.6 is 22.9 Å². The SMILES string of the molecule is C[C@H](Nc1ncnc2c(C(F)(F)F)cc(Cl)cc12)c1ncnn1-c1ncc(N)s1. The maximum absolute atomic E-state index is 13.4. The molecule has 13 heteroatoms. The van der Waals surface area contributed by atoms with E-state index in [1.807, 2.05) is 0 Å². The Hall–Kier alpha value is -2.99. The number of hydrogen-bond acceptors (Lipinski definition) is 8. The van der Waals surface area contributed by atoms with Gasteiger partial charge < -0.3 is 11.1 Å². The van der Waals surface area contributed by atoms with Gasteiger partial charge in [-0.25, -0.2) is 19.9 Å². The lowest BCUT2D eigenvalue weighted by molar-refractivity contribution is -0.136. The predicted molar refractivity (Wildman–Crippen MR) is 103 cm³/mol. The van der Waals surface area contributed by atoms with E-state index < -0.39 is 17.8 Å². The van der Waals surface area contributed by atoms with Crippen LogP contribution in [0, 0.1) is 0 Å². The van der Waals surface area contributed by atoms with Crippen LogP contribution in [-0.2, 0) is 6.18 Å². The van der Waals surface area contributed by atoms with Crippen LogP contribution in [0.1, 0.15) is 24.4 Å². The number of nitrogen functional groups attached to an aromatic ring is 1. The van der Waals surface area contributed by atoms with Crippen LogP contribution in [0.4, 0.5) is 24.0 Å². The van der Waals surface area contributed by atoms with Gasteiger partial charge in [0.15, 0.2) is 5.82 Å². The number of fused-ring (bicyclic) bond motifs is 1. The predicted octanol–water partition coefficient (Wildman–Crippen LogP) is 4.09. The normalized spacial score (nSPS) is 13.0. The zero-order chi connectivity index (χ0) is 20.8. The average Bonchev–Trinajstić information content (AvgIpc) is 3.29. The van der Waals surface area contributed by atoms with Crippen LogP contribution in [0.3, 0.4) is 0 Å². The Morgan fingerprint density at radius 2 is 1.97 bits per heavy atom. The van der Waals surface area contributed by atoms with Crippen molar-refractivity contribution >= 4 is 44.7 Å². The number of nitrogens with two attached hydrogens (primary N) is 1. The molecule has 0 aliphatic rings. The molecule has 0 saturated heterocycles. The van der Waals surface area contributed by atoms with E-state index in [1.165, 1.54) is 34.6 Å². The molecule has 0 aliphatic heterocycles. The summed E-state index contributed by atoms with van der Waals surface area (Å²) in [7, 11) is 0. The van der Waals surface area contributed by atoms with Crippen molar-refractivity contribution in [2.45, 2.75) is 19.1 Å². The van der Waals surface area contributed by atoms with Crippen LogP contribution in [0.25, 0.3) is 16.0 Å². The lowest BCUT2D eigenvalue weighted by atomic mass is 10.1. The summed E-state index contributed by atoms with van der Waals surface area (Å²) in [5, 5.41) is 8.29. The quantitative estimate of drug-likeness (QED) is 0.492. The molecule has 29 heavy (non-hydrogen) atoms. The van der Waals surface area contributed by atoms with Crippen LogP contribution in [0.15, 0.2) is 31.0 Å². The maximum atomic E-state index is 13.4. The van der Waals surface area contributed by atoms with Crippen molar-refractivity contribution in [2.24, 2.45) is 0 Å². The standard InChI is InChI=1S/C16H12ClF3N8S/c1-7(14-25-6-26-28(14)15-22-4-11(21)29-15)27-13-9-2-8(17)3-10(16(18,19)20)12(9)23-5-24-13/h2-7H,21H2,1H3,(H,23,24,27)/t7-/m0/s1. The van der Waals surface area contributed by atoms with Gasteiger partial charge in [-0.1, -0.05) is 22.9 Å². The second-order valence-corrected chi connectivity index (χ2v) is 7.49. The van der Waals surface area contributed by atoms with Crippen molar-refractivity contribution in [2.75, 3.05) is 11.1 Å². The van der Waals surface area contributed by atoms with Gasteiger partial charge in [0.25, 0.3) is 0 Å². The second kappa shape index (κ2) is 7.12. The van der Waals surface area contributed by atoms with E-state index in [0.29, 0.717) is 16.0 Å². The topological polar surface area (TPSA) is 107 Å². The molecule has 8 nitrogen and oxygen atoms in total. The first-order valence-corrected chi connectivity index (χ1v) is 9.33. The molecule has 4 rings (SSSR count). The molecular formula is C16H12ClF3N8S. The fraction of sp³-hybridized carbons (Fsp3) is 0.188. The minimum Gasteiger partial charge on any atom is -0.389 e. The molecule has 0 unspecified atom stereocenters. The molecule has 3 aromatic heterocycles. The summed E-state index contributed by atoms with van der Waals surface area (Å²) in [5.41, 5.74) is 4.54. The molecule has 0 radical (unpaired) electrons. The van der Waals surface area contributed by atoms with Gasteiger partial charge in [-0.3, -0.25) is 0 Å². The number of nitrogens with zero attached hydrogens (tertiary/aromatic N) is 6. The third kappa shape index (κ3) is 3.68. The van der Waals surface area contributed by atoms with Crippen LogP contribution in [-0.4, -0.2) is 29.7 Å². The summed E-state index contributed by atoms with van der Waals surface area (Å²) in [6.07, 6.45) is -0.692. The number of nitrogens with one attached hydrogen (secondary N) is 1. The highest BCUT2D eigenvalue weighted by atomic mass is 35.5. The van der Waals surface area contributed by atoms with E-state index in [0.717, 1.165) is 12.4 Å². The molecule has 0 aliphatic carbocycles. The highest BCUT2D eigenvalue weighted by molar-refractivity contribution is 7.17. The van der Waals surface area contributed by atoms with Gasteiger partial charge in [-0.05, 0) is 19.1 Å². The Kier molecular flexibility index (Phi) is 4.74. The van der Waals surface area contributed by atoms with Crippen LogP contribution in [0.5, 0.6) is 0 Å². The molecule has 150 valence electrons. The van der Waals surface area contributed by atoms with E-state index >= 15 is 0 Å². The smallest absolute Gasteiger partial charge is 0.389 e. The first kappa shape index (κ1) is 19.3. The summed E-state index contributed by atoms with van der Waals surface area (Å²) in [6.45, 7) is 1.76. The van der Waals surface area contributed by atoms with Gasteiger partial charge in [0.1, 0.15) is 23.5 Å². The Morgan fingerprint density at radius 1 is 1.17 bits per heavy atom. The first-order chi connectivity index (χ1) is 13.7. The highest BCUT2D eigenvalue weighted by Crippen LogP contribution is 2.38. The van der Waals surface area contributed by atoms with Gasteiger partial charge in [-0.15, -0.1) is 0 Å². The number of anilines is 2. The number of aromatic nitrogens is 6. The number of rotatable bonds is 4. The maximum Gasteiger partial charge on any atom is 0.418 e. The van der Waals surface area contributed by atoms with Crippen molar-refractivity contribution in [3.05, 3.63) is 47.4 Å². The molecular weight excluding hydrogens is 429 g/mol. The monoisotopic (exact) mass is 440 g/mol. The van der Waals surface area contributed by atoms with Gasteiger partial charge in [0.2, 0.25) is 5.13 Å². The molecule has 0 bridgehead atoms. The summed E-state index contributed by atoms with van der Waals surface area (Å²) >= 11 is 7.14. The van der Waals surface area contributed by atoms with Crippen molar-refractivity contribution in [3.8, 4) is 5.13 Å². The van der Waals surface area contributed by atoms with Crippen molar-refractivity contribution in [1.82, 2.24) is 29.7 Å². The lowest BCUT2D eigenvalue weighted by Gasteiger charge is -2.17. The van der Waals surface area contributed by atoms with E-state index in [9.17, 15) is 13.2 Å². The molecule has 4 aromatic rings. The Balaban J connectivity index is 1.74. The molecule has 0 fully saturated rings. The fourth-order valence-electron chi connectivity index (χ4n) is 2.80. The number of benzene rings is 1. The molecule has 0 saturated carbocycles. The van der Waals surface area contributed by atoms with E-state index in [1.54, 1.807) is 6.92 Å². The van der Waals surface area contributed by atoms with E-state index in [4.69, 9.17) is 17.3 Å². The summed E-state index contributed by atoms with van der Waals surface area (Å²) < 4.78 is 41.6. The Morgan fingerprint density at radius 3 is 2.66 bits per heavy atom. The summed E-state index contributed by atoms with van der Waals surface area (Å²) in [5.74, 6) is 0.660. The van der Waals surface area contributed by atoms with Gasteiger partial charge in [-0.2, -0.15) is 23.0 Å². The van der Waals surface area contributed by atoms with Gasteiger partial charge in [0.05, 0.1) is 23.3 Å². The molecule has 0 spiro atoms. The first-order valence-electron chi connectivity index (χ1n) is 8.13. The molecule has 0 amide bonds. The average molecular weight is 441 g/mol. The zero-order valence-electron chi connectivity index (χ0n) is 14.6. The number of halogens is 4. The van der Waals surface area contributed by atoms with Crippen molar-refractivity contribution in [3.63, 3.8) is 0 Å². The molecule has 1 atom stereocenters. The third-order valence-corrected chi connectivity index (χ3v) is 5.04. The lowest BCUT2D eigenvalue weighted by Crippen LogP contribution is -2.15. The minimum absolute atomic E-state index is 0.0724. The van der Waals surface area contributed by atoms with Crippen LogP contribution < -0.4 is 11.1 Å². The number of hydrogen-bond donors (Lipinski definition) is 2. The Bertz CT molecular complexity index is 1190. The fourth-order valence-corrected chi connectivity index (χ4v) is 3.67. The number of alkyl halides is 3. The largest absolute Gasteiger partial charge is 0.418 e. The van der Waals surface area contributed by atoms with Gasteiger partial charge >= 0.3 is 6.18 Å². The third-order valence-electron chi connectivity index (χ3n) is 4.02. The Labute approximate surface area is 170 Å². The number of thiazole rings is 1. The van der Waals surface area contributed by atoms with Gasteiger partial charge in [0, 0.05) is 10.4 Å². The summed E-state index contributed by atoms with van der Waals surface area (Å²) in [6, 6.07) is 1.75. The highest BCUT2D eigenvalue weighted by Gasteiger charge is 2.34. The van der Waals surface area contributed by atoms with E-state index in [2.05, 4.69) is 30.4 Å².